The fraction of sp³-hybridized carbons (Fsp3) is 0.100. The van der Waals surface area contributed by atoms with Gasteiger partial charge in [-0.05, 0) is 12.1 Å². The molecule has 0 aliphatic rings. The van der Waals surface area contributed by atoms with Crippen LogP contribution in [-0.4, -0.2) is 9.97 Å². The van der Waals surface area contributed by atoms with Gasteiger partial charge in [-0.2, -0.15) is 0 Å². The molecular formula is C10H8BrClN2. The number of benzene rings is 1. The van der Waals surface area contributed by atoms with E-state index in [4.69, 9.17) is 11.6 Å². The molecule has 0 amide bonds. The van der Waals surface area contributed by atoms with Gasteiger partial charge in [0.1, 0.15) is 5.82 Å². The zero-order valence-corrected chi connectivity index (χ0v) is 9.64. The van der Waals surface area contributed by atoms with E-state index in [1.165, 1.54) is 0 Å². The van der Waals surface area contributed by atoms with E-state index in [1.807, 2.05) is 24.3 Å². The number of imidazole rings is 1. The number of hydrogen-bond acceptors (Lipinski definition) is 1. The highest BCUT2D eigenvalue weighted by molar-refractivity contribution is 9.10. The van der Waals surface area contributed by atoms with Gasteiger partial charge in [-0.3, -0.25) is 0 Å². The molecule has 0 saturated heterocycles. The third-order valence-corrected chi connectivity index (χ3v) is 2.64. The van der Waals surface area contributed by atoms with Crippen LogP contribution >= 0.6 is 27.5 Å². The van der Waals surface area contributed by atoms with Gasteiger partial charge in [-0.15, -0.1) is 11.6 Å². The molecule has 1 heterocycles. The van der Waals surface area contributed by atoms with Crippen molar-refractivity contribution in [1.82, 2.24) is 9.97 Å². The Morgan fingerprint density at radius 1 is 1.43 bits per heavy atom. The van der Waals surface area contributed by atoms with Crippen molar-refractivity contribution < 1.29 is 0 Å². The molecule has 0 fully saturated rings. The molecule has 1 aromatic carbocycles. The molecule has 4 heteroatoms. The molecule has 2 rings (SSSR count). The minimum absolute atomic E-state index is 0.411. The van der Waals surface area contributed by atoms with Crippen LogP contribution in [0.5, 0.6) is 0 Å². The van der Waals surface area contributed by atoms with E-state index in [-0.39, 0.29) is 0 Å². The Morgan fingerprint density at radius 3 is 2.93 bits per heavy atom. The summed E-state index contributed by atoms with van der Waals surface area (Å²) in [6.45, 7) is 0. The van der Waals surface area contributed by atoms with Crippen LogP contribution in [0.1, 0.15) is 5.82 Å². The lowest BCUT2D eigenvalue weighted by molar-refractivity contribution is 1.12. The van der Waals surface area contributed by atoms with E-state index in [0.717, 1.165) is 21.6 Å². The van der Waals surface area contributed by atoms with Crippen LogP contribution in [0.25, 0.3) is 11.3 Å². The molecule has 2 aromatic rings. The normalized spacial score (nSPS) is 10.4. The van der Waals surface area contributed by atoms with Crippen molar-refractivity contribution in [3.8, 4) is 11.3 Å². The minimum Gasteiger partial charge on any atom is -0.341 e. The maximum Gasteiger partial charge on any atom is 0.121 e. The number of alkyl halides is 1. The SMILES string of the molecule is ClCc1ncc(-c2cccc(Br)c2)[nH]1. The van der Waals surface area contributed by atoms with E-state index in [9.17, 15) is 0 Å². The lowest BCUT2D eigenvalue weighted by Gasteiger charge is -1.97. The highest BCUT2D eigenvalue weighted by atomic mass is 79.9. The lowest BCUT2D eigenvalue weighted by Crippen LogP contribution is -1.80. The van der Waals surface area contributed by atoms with Gasteiger partial charge >= 0.3 is 0 Å². The first-order valence-corrected chi connectivity index (χ1v) is 5.48. The third kappa shape index (κ3) is 1.99. The predicted molar refractivity (Wildman–Crippen MR) is 61.3 cm³/mol. The van der Waals surface area contributed by atoms with Crippen LogP contribution in [0, 0.1) is 0 Å². The quantitative estimate of drug-likeness (QED) is 0.831. The summed E-state index contributed by atoms with van der Waals surface area (Å²) in [5.74, 6) is 1.20. The van der Waals surface area contributed by atoms with Crippen molar-refractivity contribution in [3.63, 3.8) is 0 Å². The number of nitrogens with one attached hydrogen (secondary N) is 1. The molecule has 14 heavy (non-hydrogen) atoms. The van der Waals surface area contributed by atoms with Crippen molar-refractivity contribution in [2.75, 3.05) is 0 Å². The Morgan fingerprint density at radius 2 is 2.29 bits per heavy atom. The number of aromatic amines is 1. The van der Waals surface area contributed by atoms with Crippen molar-refractivity contribution in [2.24, 2.45) is 0 Å². The van der Waals surface area contributed by atoms with Crippen LogP contribution in [0.2, 0.25) is 0 Å². The third-order valence-electron chi connectivity index (χ3n) is 1.89. The molecule has 0 radical (unpaired) electrons. The average Bonchev–Trinajstić information content (AvgIpc) is 2.66. The molecule has 0 bridgehead atoms. The molecule has 0 spiro atoms. The molecule has 1 N–H and O–H groups in total. The van der Waals surface area contributed by atoms with Gasteiger partial charge in [0.25, 0.3) is 0 Å². The molecule has 0 aliphatic carbocycles. The second-order valence-electron chi connectivity index (χ2n) is 2.89. The zero-order valence-electron chi connectivity index (χ0n) is 7.30. The number of aromatic nitrogens is 2. The van der Waals surface area contributed by atoms with Crippen LogP contribution in [0.4, 0.5) is 0 Å². The summed E-state index contributed by atoms with van der Waals surface area (Å²) in [6.07, 6.45) is 1.79. The van der Waals surface area contributed by atoms with Gasteiger partial charge < -0.3 is 4.98 Å². The lowest BCUT2D eigenvalue weighted by atomic mass is 10.2. The Bertz CT molecular complexity index is 439. The van der Waals surface area contributed by atoms with Crippen molar-refractivity contribution in [1.29, 1.82) is 0 Å². The Hall–Kier alpha value is -0.800. The largest absolute Gasteiger partial charge is 0.341 e. The average molecular weight is 272 g/mol. The van der Waals surface area contributed by atoms with Gasteiger partial charge in [-0.1, -0.05) is 28.1 Å². The van der Waals surface area contributed by atoms with Crippen molar-refractivity contribution in [2.45, 2.75) is 5.88 Å². The molecule has 72 valence electrons. The topological polar surface area (TPSA) is 28.7 Å². The molecule has 1 aromatic heterocycles. The first kappa shape index (κ1) is 9.74. The summed E-state index contributed by atoms with van der Waals surface area (Å²) in [7, 11) is 0. The van der Waals surface area contributed by atoms with E-state index in [2.05, 4.69) is 25.9 Å². The fourth-order valence-corrected chi connectivity index (χ4v) is 1.77. The summed E-state index contributed by atoms with van der Waals surface area (Å²) in [6, 6.07) is 8.03. The number of rotatable bonds is 2. The number of halogens is 2. The highest BCUT2D eigenvalue weighted by Crippen LogP contribution is 2.21. The van der Waals surface area contributed by atoms with E-state index >= 15 is 0 Å². The summed E-state index contributed by atoms with van der Waals surface area (Å²) >= 11 is 9.08. The zero-order chi connectivity index (χ0) is 9.97. The Labute approximate surface area is 95.5 Å². The number of nitrogens with zero attached hydrogens (tertiary/aromatic N) is 1. The second kappa shape index (κ2) is 4.15. The van der Waals surface area contributed by atoms with Crippen molar-refractivity contribution >= 4 is 27.5 Å². The van der Waals surface area contributed by atoms with Crippen LogP contribution in [0.15, 0.2) is 34.9 Å². The molecule has 2 nitrogen and oxygen atoms in total. The number of H-pyrrole nitrogens is 1. The molecule has 0 unspecified atom stereocenters. The van der Waals surface area contributed by atoms with Gasteiger partial charge in [0.2, 0.25) is 0 Å². The van der Waals surface area contributed by atoms with E-state index in [1.54, 1.807) is 6.20 Å². The first-order valence-electron chi connectivity index (χ1n) is 4.15. The summed E-state index contributed by atoms with van der Waals surface area (Å²) in [5, 5.41) is 0. The standard InChI is InChI=1S/C10H8BrClN2/c11-8-3-1-2-7(4-8)9-6-13-10(5-12)14-9/h1-4,6H,5H2,(H,13,14). The minimum atomic E-state index is 0.411. The van der Waals surface area contributed by atoms with Crippen LogP contribution < -0.4 is 0 Å². The smallest absolute Gasteiger partial charge is 0.121 e. The Balaban J connectivity index is 2.39. The monoisotopic (exact) mass is 270 g/mol. The molecular weight excluding hydrogens is 263 g/mol. The van der Waals surface area contributed by atoms with Crippen LogP contribution in [-0.2, 0) is 5.88 Å². The van der Waals surface area contributed by atoms with Crippen LogP contribution in [0.3, 0.4) is 0 Å². The molecule has 0 saturated carbocycles. The van der Waals surface area contributed by atoms with Gasteiger partial charge in [-0.25, -0.2) is 4.98 Å². The summed E-state index contributed by atoms with van der Waals surface area (Å²) < 4.78 is 1.05. The predicted octanol–water partition coefficient (Wildman–Crippen LogP) is 3.58. The van der Waals surface area contributed by atoms with E-state index < -0.39 is 0 Å². The van der Waals surface area contributed by atoms with E-state index in [0.29, 0.717) is 5.88 Å². The second-order valence-corrected chi connectivity index (χ2v) is 4.07. The van der Waals surface area contributed by atoms with Crippen molar-refractivity contribution in [3.05, 3.63) is 40.8 Å². The summed E-state index contributed by atoms with van der Waals surface area (Å²) in [4.78, 5) is 7.28. The maximum absolute atomic E-state index is 5.66. The molecule has 0 aliphatic heterocycles. The highest BCUT2D eigenvalue weighted by Gasteiger charge is 2.02. The number of hydrogen-bond donors (Lipinski definition) is 1. The van der Waals surface area contributed by atoms with Gasteiger partial charge in [0.05, 0.1) is 17.8 Å². The fourth-order valence-electron chi connectivity index (χ4n) is 1.23. The first-order chi connectivity index (χ1) is 6.79. The van der Waals surface area contributed by atoms with Gasteiger partial charge in [0.15, 0.2) is 0 Å². The summed E-state index contributed by atoms with van der Waals surface area (Å²) in [5.41, 5.74) is 2.09. The van der Waals surface area contributed by atoms with Gasteiger partial charge in [0, 0.05) is 10.0 Å². The Kier molecular flexibility index (Phi) is 2.89. The maximum atomic E-state index is 5.66. The molecule has 0 atom stereocenters.